The highest BCUT2D eigenvalue weighted by Gasteiger charge is 2.19. The fourth-order valence-corrected chi connectivity index (χ4v) is 2.66. The molecule has 0 spiro atoms. The average molecular weight is 263 g/mol. The summed E-state index contributed by atoms with van der Waals surface area (Å²) in [4.78, 5) is 6.49. The van der Waals surface area contributed by atoms with E-state index in [2.05, 4.69) is 22.1 Å². The van der Waals surface area contributed by atoms with E-state index in [1.807, 2.05) is 12.1 Å². The molecular formula is C15H25N3O. The first kappa shape index (κ1) is 14.4. The van der Waals surface area contributed by atoms with Gasteiger partial charge in [-0.1, -0.05) is 6.92 Å². The minimum atomic E-state index is -0.434. The quantitative estimate of drug-likeness (QED) is 0.818. The normalized spacial score (nSPS) is 19.5. The van der Waals surface area contributed by atoms with Crippen LogP contribution in [-0.4, -0.2) is 47.2 Å². The van der Waals surface area contributed by atoms with E-state index in [1.54, 1.807) is 12.4 Å². The standard InChI is InChI=1S/C15H25N3O/c1-2-9-18-10-5-14(6-11-18)17-12-15(19)13-3-7-16-8-4-13/h3-4,7-8,14-15,17,19H,2,5-6,9-12H2,1H3/t15-/m1/s1. The van der Waals surface area contributed by atoms with Crippen LogP contribution in [0, 0.1) is 0 Å². The monoisotopic (exact) mass is 263 g/mol. The molecule has 106 valence electrons. The predicted molar refractivity (Wildman–Crippen MR) is 77.0 cm³/mol. The van der Waals surface area contributed by atoms with Crippen molar-refractivity contribution >= 4 is 0 Å². The molecule has 1 aromatic rings. The highest BCUT2D eigenvalue weighted by Crippen LogP contribution is 2.13. The van der Waals surface area contributed by atoms with Gasteiger partial charge in [0.05, 0.1) is 6.10 Å². The Bertz CT molecular complexity index is 350. The second kappa shape index (κ2) is 7.58. The largest absolute Gasteiger partial charge is 0.387 e. The van der Waals surface area contributed by atoms with Crippen LogP contribution in [0.15, 0.2) is 24.5 Å². The molecule has 0 amide bonds. The second-order valence-corrected chi connectivity index (χ2v) is 5.32. The fourth-order valence-electron chi connectivity index (χ4n) is 2.66. The zero-order valence-electron chi connectivity index (χ0n) is 11.8. The lowest BCUT2D eigenvalue weighted by atomic mass is 10.0. The van der Waals surface area contributed by atoms with Crippen molar-refractivity contribution in [2.24, 2.45) is 0 Å². The lowest BCUT2D eigenvalue weighted by molar-refractivity contribution is 0.151. The van der Waals surface area contributed by atoms with E-state index in [4.69, 9.17) is 0 Å². The molecule has 0 bridgehead atoms. The third-order valence-electron chi connectivity index (χ3n) is 3.82. The molecule has 0 saturated carbocycles. The van der Waals surface area contributed by atoms with Crippen LogP contribution in [0.2, 0.25) is 0 Å². The van der Waals surface area contributed by atoms with E-state index < -0.39 is 6.10 Å². The first-order chi connectivity index (χ1) is 9.29. The van der Waals surface area contributed by atoms with Crippen LogP contribution in [0.3, 0.4) is 0 Å². The first-order valence-electron chi connectivity index (χ1n) is 7.33. The van der Waals surface area contributed by atoms with Crippen molar-refractivity contribution < 1.29 is 5.11 Å². The highest BCUT2D eigenvalue weighted by atomic mass is 16.3. The summed E-state index contributed by atoms with van der Waals surface area (Å²) in [5.74, 6) is 0. The van der Waals surface area contributed by atoms with Gasteiger partial charge in [-0.15, -0.1) is 0 Å². The Labute approximate surface area is 115 Å². The SMILES string of the molecule is CCCN1CCC(NC[C@@H](O)c2ccncc2)CC1. The van der Waals surface area contributed by atoms with E-state index in [0.29, 0.717) is 12.6 Å². The Balaban J connectivity index is 1.69. The summed E-state index contributed by atoms with van der Waals surface area (Å²) < 4.78 is 0. The molecule has 4 heteroatoms. The summed E-state index contributed by atoms with van der Waals surface area (Å²) in [5.41, 5.74) is 0.936. The molecule has 2 N–H and O–H groups in total. The number of likely N-dealkylation sites (tertiary alicyclic amines) is 1. The first-order valence-corrected chi connectivity index (χ1v) is 7.33. The van der Waals surface area contributed by atoms with E-state index in [-0.39, 0.29) is 0 Å². The Morgan fingerprint density at radius 2 is 2.05 bits per heavy atom. The number of hydrogen-bond donors (Lipinski definition) is 2. The number of hydrogen-bond acceptors (Lipinski definition) is 4. The van der Waals surface area contributed by atoms with Gasteiger partial charge in [0.2, 0.25) is 0 Å². The van der Waals surface area contributed by atoms with Crippen LogP contribution >= 0.6 is 0 Å². The molecule has 4 nitrogen and oxygen atoms in total. The topological polar surface area (TPSA) is 48.4 Å². The van der Waals surface area contributed by atoms with Crippen LogP contribution in [0.1, 0.15) is 37.9 Å². The number of rotatable bonds is 6. The fraction of sp³-hybridized carbons (Fsp3) is 0.667. The van der Waals surface area contributed by atoms with Crippen molar-refractivity contribution in [3.05, 3.63) is 30.1 Å². The van der Waals surface area contributed by atoms with Gasteiger partial charge in [-0.2, -0.15) is 0 Å². The zero-order valence-corrected chi connectivity index (χ0v) is 11.8. The molecule has 1 saturated heterocycles. The molecule has 1 aliphatic rings. The lowest BCUT2D eigenvalue weighted by Crippen LogP contribution is -2.43. The maximum Gasteiger partial charge on any atom is 0.0915 e. The van der Waals surface area contributed by atoms with Gasteiger partial charge in [-0.3, -0.25) is 4.98 Å². The molecule has 19 heavy (non-hydrogen) atoms. The van der Waals surface area contributed by atoms with Crippen molar-refractivity contribution in [3.8, 4) is 0 Å². The molecule has 0 unspecified atom stereocenters. The van der Waals surface area contributed by atoms with Gasteiger partial charge in [0.1, 0.15) is 0 Å². The van der Waals surface area contributed by atoms with Gasteiger partial charge >= 0.3 is 0 Å². The molecule has 1 atom stereocenters. The summed E-state index contributed by atoms with van der Waals surface area (Å²) >= 11 is 0. The van der Waals surface area contributed by atoms with Crippen LogP contribution in [-0.2, 0) is 0 Å². The van der Waals surface area contributed by atoms with Gasteiger partial charge in [-0.05, 0) is 56.6 Å². The van der Waals surface area contributed by atoms with Gasteiger partial charge in [0, 0.05) is 25.0 Å². The predicted octanol–water partition coefficient (Wildman–Crippen LogP) is 1.58. The Kier molecular flexibility index (Phi) is 5.76. The molecule has 2 rings (SSSR count). The molecule has 1 aromatic heterocycles. The number of nitrogens with zero attached hydrogens (tertiary/aromatic N) is 2. The van der Waals surface area contributed by atoms with E-state index >= 15 is 0 Å². The third-order valence-corrected chi connectivity index (χ3v) is 3.82. The van der Waals surface area contributed by atoms with Crippen LogP contribution in [0.25, 0.3) is 0 Å². The smallest absolute Gasteiger partial charge is 0.0915 e. The van der Waals surface area contributed by atoms with Crippen LogP contribution < -0.4 is 5.32 Å². The van der Waals surface area contributed by atoms with Crippen LogP contribution in [0.4, 0.5) is 0 Å². The number of nitrogens with one attached hydrogen (secondary N) is 1. The van der Waals surface area contributed by atoms with Gasteiger partial charge < -0.3 is 15.3 Å². The zero-order chi connectivity index (χ0) is 13.5. The van der Waals surface area contributed by atoms with Crippen molar-refractivity contribution in [1.82, 2.24) is 15.2 Å². The molecular weight excluding hydrogens is 238 g/mol. The summed E-state index contributed by atoms with van der Waals surface area (Å²) in [5, 5.41) is 13.6. The summed E-state index contributed by atoms with van der Waals surface area (Å²) in [6, 6.07) is 4.29. The summed E-state index contributed by atoms with van der Waals surface area (Å²) in [7, 11) is 0. The maximum atomic E-state index is 10.1. The van der Waals surface area contributed by atoms with Crippen molar-refractivity contribution in [3.63, 3.8) is 0 Å². The molecule has 0 aromatic carbocycles. The number of piperidine rings is 1. The molecule has 1 aliphatic heterocycles. The highest BCUT2D eigenvalue weighted by molar-refractivity contribution is 5.13. The Morgan fingerprint density at radius 1 is 1.37 bits per heavy atom. The minimum absolute atomic E-state index is 0.434. The van der Waals surface area contributed by atoms with Crippen molar-refractivity contribution in [2.75, 3.05) is 26.2 Å². The number of pyridine rings is 1. The molecule has 0 radical (unpaired) electrons. The van der Waals surface area contributed by atoms with Crippen molar-refractivity contribution in [2.45, 2.75) is 38.3 Å². The molecule has 2 heterocycles. The number of aliphatic hydroxyl groups excluding tert-OH is 1. The Hall–Kier alpha value is -0.970. The Morgan fingerprint density at radius 3 is 2.68 bits per heavy atom. The number of aromatic nitrogens is 1. The van der Waals surface area contributed by atoms with E-state index in [0.717, 1.165) is 5.56 Å². The summed E-state index contributed by atoms with van der Waals surface area (Å²) in [6.45, 7) is 6.43. The van der Waals surface area contributed by atoms with Gasteiger partial charge in [0.25, 0.3) is 0 Å². The lowest BCUT2D eigenvalue weighted by Gasteiger charge is -2.32. The van der Waals surface area contributed by atoms with Gasteiger partial charge in [-0.25, -0.2) is 0 Å². The molecule has 1 fully saturated rings. The maximum absolute atomic E-state index is 10.1. The van der Waals surface area contributed by atoms with E-state index in [1.165, 1.54) is 38.9 Å². The number of aliphatic hydroxyl groups is 1. The van der Waals surface area contributed by atoms with Crippen molar-refractivity contribution in [1.29, 1.82) is 0 Å². The minimum Gasteiger partial charge on any atom is -0.387 e. The average Bonchev–Trinajstić information content (AvgIpc) is 2.47. The van der Waals surface area contributed by atoms with Gasteiger partial charge in [0.15, 0.2) is 0 Å². The third kappa shape index (κ3) is 4.56. The second-order valence-electron chi connectivity index (χ2n) is 5.32. The van der Waals surface area contributed by atoms with Crippen LogP contribution in [0.5, 0.6) is 0 Å². The molecule has 0 aliphatic carbocycles. The van der Waals surface area contributed by atoms with E-state index in [9.17, 15) is 5.11 Å². The summed E-state index contributed by atoms with van der Waals surface area (Å²) in [6.07, 6.45) is 6.62.